The first-order valence-corrected chi connectivity index (χ1v) is 12.2. The van der Waals surface area contributed by atoms with Gasteiger partial charge in [-0.25, -0.2) is 0 Å². The molecule has 2 saturated heterocycles. The zero-order valence-corrected chi connectivity index (χ0v) is 18.7. The molecule has 1 unspecified atom stereocenters. The number of nitrogens with zero attached hydrogens (tertiary/aromatic N) is 4. The normalized spacial score (nSPS) is 23.2. The van der Waals surface area contributed by atoms with Gasteiger partial charge in [-0.3, -0.25) is 14.4 Å². The van der Waals surface area contributed by atoms with Crippen molar-refractivity contribution >= 4 is 5.91 Å². The molecule has 168 valence electrons. The molecule has 1 aliphatic carbocycles. The summed E-state index contributed by atoms with van der Waals surface area (Å²) in [7, 11) is 0. The van der Waals surface area contributed by atoms with Crippen molar-refractivity contribution < 1.29 is 9.53 Å². The van der Waals surface area contributed by atoms with Crippen LogP contribution in [0.1, 0.15) is 67.2 Å². The van der Waals surface area contributed by atoms with Crippen molar-refractivity contribution in [3.63, 3.8) is 0 Å². The van der Waals surface area contributed by atoms with Crippen molar-refractivity contribution in [1.82, 2.24) is 24.9 Å². The summed E-state index contributed by atoms with van der Waals surface area (Å²) in [6, 6.07) is 0.438. The lowest BCUT2D eigenvalue weighted by molar-refractivity contribution is 0.0381. The summed E-state index contributed by atoms with van der Waals surface area (Å²) >= 11 is 0. The highest BCUT2D eigenvalue weighted by atomic mass is 16.5. The molecule has 1 amide bonds. The van der Waals surface area contributed by atoms with E-state index in [0.717, 1.165) is 103 Å². The van der Waals surface area contributed by atoms with Crippen LogP contribution in [-0.2, 0) is 24.1 Å². The molecule has 4 rings (SSSR count). The smallest absolute Gasteiger partial charge is 0.274 e. The molecule has 30 heavy (non-hydrogen) atoms. The van der Waals surface area contributed by atoms with Crippen LogP contribution in [0.5, 0.6) is 0 Å². The van der Waals surface area contributed by atoms with Crippen molar-refractivity contribution in [2.45, 2.75) is 70.9 Å². The molecule has 0 bridgehead atoms. The highest BCUT2D eigenvalue weighted by Crippen LogP contribution is 2.27. The molecule has 3 heterocycles. The van der Waals surface area contributed by atoms with E-state index < -0.39 is 0 Å². The van der Waals surface area contributed by atoms with Crippen molar-refractivity contribution in [2.24, 2.45) is 0 Å². The van der Waals surface area contributed by atoms with E-state index in [2.05, 4.69) is 26.7 Å². The number of carbonyl (C=O) groups excluding carboxylic acids is 1. The summed E-state index contributed by atoms with van der Waals surface area (Å²) in [4.78, 5) is 17.9. The van der Waals surface area contributed by atoms with Gasteiger partial charge in [-0.05, 0) is 38.5 Å². The summed E-state index contributed by atoms with van der Waals surface area (Å²) < 4.78 is 7.57. The zero-order chi connectivity index (χ0) is 20.8. The second kappa shape index (κ2) is 10.7. The molecule has 7 heteroatoms. The van der Waals surface area contributed by atoms with E-state index in [9.17, 15) is 4.79 Å². The van der Waals surface area contributed by atoms with Crippen molar-refractivity contribution in [3.8, 4) is 0 Å². The third-order valence-electron chi connectivity index (χ3n) is 6.84. The molecule has 2 aliphatic heterocycles. The first kappa shape index (κ1) is 21.8. The number of amides is 1. The van der Waals surface area contributed by atoms with Gasteiger partial charge in [0, 0.05) is 63.1 Å². The maximum atomic E-state index is 13.4. The number of aromatic nitrogens is 2. The number of hydrogen-bond donors (Lipinski definition) is 1. The number of nitrogens with one attached hydrogen (secondary N) is 1. The van der Waals surface area contributed by atoms with Gasteiger partial charge in [0.15, 0.2) is 5.69 Å². The minimum Gasteiger partial charge on any atom is -0.379 e. The zero-order valence-electron chi connectivity index (χ0n) is 18.7. The van der Waals surface area contributed by atoms with Crippen LogP contribution in [0, 0.1) is 0 Å². The molecule has 0 saturated carbocycles. The van der Waals surface area contributed by atoms with Crippen LogP contribution in [0.15, 0.2) is 0 Å². The Morgan fingerprint density at radius 3 is 2.60 bits per heavy atom. The van der Waals surface area contributed by atoms with Crippen LogP contribution < -0.4 is 5.32 Å². The molecule has 1 aromatic heterocycles. The van der Waals surface area contributed by atoms with Crippen molar-refractivity contribution in [1.29, 1.82) is 0 Å². The molecule has 7 nitrogen and oxygen atoms in total. The van der Waals surface area contributed by atoms with E-state index in [4.69, 9.17) is 9.84 Å². The average molecular weight is 418 g/mol. The molecule has 0 radical (unpaired) electrons. The molecule has 3 aliphatic rings. The first-order chi connectivity index (χ1) is 14.8. The molecular formula is C23H39N5O2. The predicted molar refractivity (Wildman–Crippen MR) is 118 cm³/mol. The van der Waals surface area contributed by atoms with Crippen molar-refractivity contribution in [2.75, 3.05) is 52.5 Å². The van der Waals surface area contributed by atoms with Crippen LogP contribution in [-0.4, -0.2) is 84.0 Å². The van der Waals surface area contributed by atoms with Crippen LogP contribution in [0.2, 0.25) is 0 Å². The number of ether oxygens (including phenoxy) is 1. The van der Waals surface area contributed by atoms with E-state index in [-0.39, 0.29) is 5.91 Å². The minimum atomic E-state index is 0.164. The Morgan fingerprint density at radius 1 is 1.10 bits per heavy atom. The molecule has 2 fully saturated rings. The summed E-state index contributed by atoms with van der Waals surface area (Å²) in [6.07, 6.45) is 8.84. The highest BCUT2D eigenvalue weighted by molar-refractivity contribution is 5.94. The number of likely N-dealkylation sites (tertiary alicyclic amines) is 1. The number of aryl methyl sites for hydroxylation is 1. The lowest BCUT2D eigenvalue weighted by Gasteiger charge is -2.29. The highest BCUT2D eigenvalue weighted by Gasteiger charge is 2.31. The first-order valence-electron chi connectivity index (χ1n) is 12.2. The largest absolute Gasteiger partial charge is 0.379 e. The molecule has 0 aromatic carbocycles. The number of fused-ring (bicyclic) bond motifs is 1. The van der Waals surface area contributed by atoms with E-state index >= 15 is 0 Å². The van der Waals surface area contributed by atoms with Gasteiger partial charge >= 0.3 is 0 Å². The third-order valence-corrected chi connectivity index (χ3v) is 6.84. The number of carbonyl (C=O) groups is 1. The van der Waals surface area contributed by atoms with Crippen LogP contribution in [0.25, 0.3) is 0 Å². The molecule has 1 atom stereocenters. The van der Waals surface area contributed by atoms with Crippen molar-refractivity contribution in [3.05, 3.63) is 17.0 Å². The maximum absolute atomic E-state index is 13.4. The Morgan fingerprint density at radius 2 is 1.87 bits per heavy atom. The second-order valence-electron chi connectivity index (χ2n) is 9.05. The Balaban J connectivity index is 1.42. The van der Waals surface area contributed by atoms with Gasteiger partial charge in [-0.1, -0.05) is 19.8 Å². The number of morpholine rings is 1. The summed E-state index contributed by atoms with van der Waals surface area (Å²) in [5.74, 6) is 0.164. The average Bonchev–Trinajstić information content (AvgIpc) is 2.93. The summed E-state index contributed by atoms with van der Waals surface area (Å²) in [5.41, 5.74) is 3.26. The predicted octanol–water partition coefficient (Wildman–Crippen LogP) is 2.09. The quantitative estimate of drug-likeness (QED) is 0.736. The maximum Gasteiger partial charge on any atom is 0.274 e. The van der Waals surface area contributed by atoms with Gasteiger partial charge < -0.3 is 15.0 Å². The van der Waals surface area contributed by atoms with Crippen LogP contribution >= 0.6 is 0 Å². The van der Waals surface area contributed by atoms with E-state index in [1.54, 1.807) is 0 Å². The van der Waals surface area contributed by atoms with E-state index in [0.29, 0.717) is 6.04 Å². The number of rotatable bonds is 7. The monoisotopic (exact) mass is 417 g/mol. The molecule has 1 aromatic rings. The van der Waals surface area contributed by atoms with Gasteiger partial charge in [0.1, 0.15) is 0 Å². The minimum absolute atomic E-state index is 0.164. The van der Waals surface area contributed by atoms with Gasteiger partial charge in [-0.15, -0.1) is 0 Å². The van der Waals surface area contributed by atoms with Gasteiger partial charge in [0.2, 0.25) is 0 Å². The topological polar surface area (TPSA) is 62.6 Å². The SMILES string of the molecule is CCCn1nc(C(=O)N2CCCCCC2)c2c1CCC(NCCN1CCOCC1)C2. The fraction of sp³-hybridized carbons (Fsp3) is 0.826. The van der Waals surface area contributed by atoms with Gasteiger partial charge in [0.25, 0.3) is 5.91 Å². The Bertz CT molecular complexity index is 690. The fourth-order valence-electron chi connectivity index (χ4n) is 5.11. The Hall–Kier alpha value is -1.44. The van der Waals surface area contributed by atoms with E-state index in [1.807, 2.05) is 0 Å². The summed E-state index contributed by atoms with van der Waals surface area (Å²) in [5, 5.41) is 8.61. The molecule has 0 spiro atoms. The Kier molecular flexibility index (Phi) is 7.79. The van der Waals surface area contributed by atoms with Crippen LogP contribution in [0.3, 0.4) is 0 Å². The van der Waals surface area contributed by atoms with E-state index in [1.165, 1.54) is 24.1 Å². The lowest BCUT2D eigenvalue weighted by Crippen LogP contribution is -2.43. The summed E-state index contributed by atoms with van der Waals surface area (Å²) in [6.45, 7) is 10.7. The lowest BCUT2D eigenvalue weighted by atomic mass is 9.91. The van der Waals surface area contributed by atoms with Crippen LogP contribution in [0.4, 0.5) is 0 Å². The third kappa shape index (κ3) is 5.24. The second-order valence-corrected chi connectivity index (χ2v) is 9.05. The fourth-order valence-corrected chi connectivity index (χ4v) is 5.11. The van der Waals surface area contributed by atoms with Gasteiger partial charge in [0.05, 0.1) is 13.2 Å². The number of hydrogen-bond acceptors (Lipinski definition) is 5. The van der Waals surface area contributed by atoms with Gasteiger partial charge in [-0.2, -0.15) is 5.10 Å². The molecular weight excluding hydrogens is 378 g/mol. The molecule has 1 N–H and O–H groups in total. The standard InChI is InChI=1S/C23H39N5O2/c1-2-10-28-21-8-7-19(24-9-13-26-14-16-30-17-15-26)18-20(21)22(25-28)23(29)27-11-5-3-4-6-12-27/h19,24H,2-18H2,1H3. The Labute approximate surface area is 181 Å².